The number of carbonyl (C=O) groups is 3. The topological polar surface area (TPSA) is 78.9 Å². The molecule has 0 spiro atoms. The van der Waals surface area contributed by atoms with Crippen LogP contribution in [0.4, 0.5) is 0 Å². The highest BCUT2D eigenvalue weighted by Crippen LogP contribution is 2.12. The molecule has 0 rings (SSSR count). The minimum Gasteiger partial charge on any atom is -0.462 e. The number of ether oxygens (including phenoxy) is 3. The van der Waals surface area contributed by atoms with E-state index in [1.165, 1.54) is 0 Å². The van der Waals surface area contributed by atoms with E-state index < -0.39 is 6.10 Å². The Kier molecular flexibility index (Phi) is 45.2. The van der Waals surface area contributed by atoms with E-state index in [0.717, 1.165) is 122 Å². The van der Waals surface area contributed by atoms with Crippen molar-refractivity contribution in [2.24, 2.45) is 0 Å². The van der Waals surface area contributed by atoms with Crippen molar-refractivity contribution < 1.29 is 28.6 Å². The molecule has 0 radical (unpaired) electrons. The van der Waals surface area contributed by atoms with Crippen molar-refractivity contribution in [3.8, 4) is 0 Å². The number of hydrogen-bond acceptors (Lipinski definition) is 6. The number of unbranched alkanes of at least 4 members (excludes halogenated alkanes) is 13. The Hall–Kier alpha value is -4.71. The fourth-order valence-electron chi connectivity index (χ4n) is 5.81. The van der Waals surface area contributed by atoms with Crippen molar-refractivity contribution in [1.82, 2.24) is 0 Å². The third-order valence-electron chi connectivity index (χ3n) is 9.33. The third-order valence-corrected chi connectivity index (χ3v) is 9.33. The first-order valence-corrected chi connectivity index (χ1v) is 24.0. The Morgan fingerprint density at radius 1 is 0.339 bits per heavy atom. The molecular weight excluding hydrogens is 769 g/mol. The summed E-state index contributed by atoms with van der Waals surface area (Å²) in [5.41, 5.74) is 0. The lowest BCUT2D eigenvalue weighted by molar-refractivity contribution is -0.167. The highest BCUT2D eigenvalue weighted by Gasteiger charge is 2.19. The van der Waals surface area contributed by atoms with Crippen LogP contribution in [-0.4, -0.2) is 37.2 Å². The van der Waals surface area contributed by atoms with Crippen LogP contribution in [0.25, 0.3) is 0 Å². The van der Waals surface area contributed by atoms with E-state index in [1.54, 1.807) is 0 Å². The monoisotopic (exact) mass is 853 g/mol. The SMILES string of the molecule is CC\C=C/C=C\C=C/C=C\C=C\C=C/C=C\CCCCCC(=O)OCC(COC(=O)CCCCCCC/C=C\C/C=C\CC)OC(=O)CCCCCCC\C=C/C=C\C=C/CC. The van der Waals surface area contributed by atoms with Crippen LogP contribution in [0.2, 0.25) is 0 Å². The van der Waals surface area contributed by atoms with Gasteiger partial charge in [0.05, 0.1) is 0 Å². The molecule has 344 valence electrons. The van der Waals surface area contributed by atoms with Gasteiger partial charge in [0.1, 0.15) is 13.2 Å². The lowest BCUT2D eigenvalue weighted by Gasteiger charge is -2.18. The Balaban J connectivity index is 4.56. The Morgan fingerprint density at radius 3 is 1.10 bits per heavy atom. The smallest absolute Gasteiger partial charge is 0.306 e. The highest BCUT2D eigenvalue weighted by molar-refractivity contribution is 5.71. The van der Waals surface area contributed by atoms with E-state index in [1.807, 2.05) is 79.0 Å². The van der Waals surface area contributed by atoms with Gasteiger partial charge in [0.15, 0.2) is 6.10 Å². The van der Waals surface area contributed by atoms with Gasteiger partial charge in [0, 0.05) is 19.3 Å². The summed E-state index contributed by atoms with van der Waals surface area (Å²) in [6.45, 7) is 6.14. The van der Waals surface area contributed by atoms with Gasteiger partial charge in [-0.3, -0.25) is 14.4 Å². The maximum absolute atomic E-state index is 12.8. The highest BCUT2D eigenvalue weighted by atomic mass is 16.6. The molecule has 62 heavy (non-hydrogen) atoms. The summed E-state index contributed by atoms with van der Waals surface area (Å²) < 4.78 is 16.7. The van der Waals surface area contributed by atoms with Gasteiger partial charge in [-0.25, -0.2) is 0 Å². The molecule has 1 atom stereocenters. The van der Waals surface area contributed by atoms with Crippen LogP contribution in [0.1, 0.15) is 168 Å². The molecule has 1 unspecified atom stereocenters. The standard InChI is InChI=1S/C56H84O6/c1-4-7-10-13-16-19-22-25-26-27-28-29-30-32-34-37-40-43-46-49-55(58)61-52-53(51-60-54(57)48-45-42-39-36-33-24-21-18-15-12-9-6-3)62-56(59)50-47-44-41-38-35-31-23-20-17-14-11-8-5-2/h7-14,16-23,25-30,32,34,53H,4-6,15,24,31,33,35-52H2,1-3H3/b10-7-,11-8-,12-9-,16-13-,17-14-,21-18-,22-19-,23-20-,26-25-,28-27+,30-29-,34-32-. The first-order chi connectivity index (χ1) is 30.5. The van der Waals surface area contributed by atoms with E-state index in [-0.39, 0.29) is 37.5 Å². The Morgan fingerprint density at radius 2 is 0.661 bits per heavy atom. The molecule has 0 saturated heterocycles. The predicted molar refractivity (Wildman–Crippen MR) is 265 cm³/mol. The molecule has 0 aliphatic rings. The molecule has 0 N–H and O–H groups in total. The molecule has 0 fully saturated rings. The van der Waals surface area contributed by atoms with Gasteiger partial charge in [-0.1, -0.05) is 212 Å². The summed E-state index contributed by atoms with van der Waals surface area (Å²) in [7, 11) is 0. The zero-order valence-electron chi connectivity index (χ0n) is 39.1. The lowest BCUT2D eigenvalue weighted by atomic mass is 10.1. The quantitative estimate of drug-likeness (QED) is 0.0201. The van der Waals surface area contributed by atoms with Crippen molar-refractivity contribution in [3.63, 3.8) is 0 Å². The van der Waals surface area contributed by atoms with Crippen LogP contribution in [0, 0.1) is 0 Å². The van der Waals surface area contributed by atoms with Crippen LogP contribution in [-0.2, 0) is 28.6 Å². The second-order valence-corrected chi connectivity index (χ2v) is 15.1. The molecule has 0 aliphatic carbocycles. The van der Waals surface area contributed by atoms with Gasteiger partial charge in [-0.15, -0.1) is 0 Å². The van der Waals surface area contributed by atoms with Gasteiger partial charge in [0.25, 0.3) is 0 Å². The van der Waals surface area contributed by atoms with Crippen LogP contribution < -0.4 is 0 Å². The Labute approximate surface area is 378 Å². The molecule has 0 bridgehead atoms. The lowest BCUT2D eigenvalue weighted by Crippen LogP contribution is -2.30. The van der Waals surface area contributed by atoms with Crippen molar-refractivity contribution in [2.75, 3.05) is 13.2 Å². The fraction of sp³-hybridized carbons (Fsp3) is 0.518. The van der Waals surface area contributed by atoms with Crippen LogP contribution in [0.15, 0.2) is 146 Å². The zero-order chi connectivity index (χ0) is 45.1. The predicted octanol–water partition coefficient (Wildman–Crippen LogP) is 15.7. The third kappa shape index (κ3) is 46.4. The number of esters is 3. The van der Waals surface area contributed by atoms with Crippen LogP contribution >= 0.6 is 0 Å². The fourth-order valence-corrected chi connectivity index (χ4v) is 5.81. The van der Waals surface area contributed by atoms with Gasteiger partial charge in [0.2, 0.25) is 0 Å². The second kappa shape index (κ2) is 49.0. The van der Waals surface area contributed by atoms with Crippen LogP contribution in [0.5, 0.6) is 0 Å². The summed E-state index contributed by atoms with van der Waals surface area (Å²) in [5, 5.41) is 0. The molecule has 0 amide bonds. The molecule has 0 saturated carbocycles. The summed E-state index contributed by atoms with van der Waals surface area (Å²) in [6, 6.07) is 0. The van der Waals surface area contributed by atoms with E-state index in [0.29, 0.717) is 19.3 Å². The van der Waals surface area contributed by atoms with E-state index in [9.17, 15) is 14.4 Å². The summed E-state index contributed by atoms with van der Waals surface area (Å²) in [6.07, 6.45) is 69.7. The van der Waals surface area contributed by atoms with Gasteiger partial charge in [-0.05, 0) is 83.5 Å². The minimum absolute atomic E-state index is 0.116. The first-order valence-electron chi connectivity index (χ1n) is 24.0. The summed E-state index contributed by atoms with van der Waals surface area (Å²) in [4.78, 5) is 37.9. The maximum Gasteiger partial charge on any atom is 0.306 e. The van der Waals surface area contributed by atoms with Crippen molar-refractivity contribution in [2.45, 2.75) is 175 Å². The molecule has 6 nitrogen and oxygen atoms in total. The largest absolute Gasteiger partial charge is 0.462 e. The molecular formula is C56H84O6. The van der Waals surface area contributed by atoms with Crippen molar-refractivity contribution in [3.05, 3.63) is 146 Å². The van der Waals surface area contributed by atoms with Crippen molar-refractivity contribution >= 4 is 17.9 Å². The number of allylic oxidation sites excluding steroid dienone is 24. The average Bonchev–Trinajstić information content (AvgIpc) is 3.27. The van der Waals surface area contributed by atoms with Gasteiger partial charge >= 0.3 is 17.9 Å². The molecule has 0 heterocycles. The van der Waals surface area contributed by atoms with Crippen LogP contribution in [0.3, 0.4) is 0 Å². The second-order valence-electron chi connectivity index (χ2n) is 15.1. The molecule has 0 aromatic carbocycles. The Bertz CT molecular complexity index is 1440. The normalized spacial score (nSPS) is 13.4. The van der Waals surface area contributed by atoms with E-state index in [4.69, 9.17) is 14.2 Å². The van der Waals surface area contributed by atoms with E-state index >= 15 is 0 Å². The zero-order valence-corrected chi connectivity index (χ0v) is 39.1. The molecule has 0 aromatic rings. The number of hydrogen-bond donors (Lipinski definition) is 0. The minimum atomic E-state index is -0.819. The van der Waals surface area contributed by atoms with Gasteiger partial charge in [-0.2, -0.15) is 0 Å². The average molecular weight is 853 g/mol. The van der Waals surface area contributed by atoms with Gasteiger partial charge < -0.3 is 14.2 Å². The van der Waals surface area contributed by atoms with E-state index in [2.05, 4.69) is 87.6 Å². The van der Waals surface area contributed by atoms with Crippen molar-refractivity contribution in [1.29, 1.82) is 0 Å². The molecule has 0 aromatic heterocycles. The number of rotatable bonds is 40. The maximum atomic E-state index is 12.8. The number of carbonyl (C=O) groups excluding carboxylic acids is 3. The molecule has 6 heteroatoms. The molecule has 0 aliphatic heterocycles. The summed E-state index contributed by atoms with van der Waals surface area (Å²) in [5.74, 6) is -1.01. The first kappa shape index (κ1) is 57.3. The summed E-state index contributed by atoms with van der Waals surface area (Å²) >= 11 is 0.